The summed E-state index contributed by atoms with van der Waals surface area (Å²) in [5.74, 6) is 0.148. The van der Waals surface area contributed by atoms with Crippen LogP contribution >= 0.6 is 11.6 Å². The molecule has 1 amide bonds. The van der Waals surface area contributed by atoms with Gasteiger partial charge in [-0.1, -0.05) is 30.2 Å². The molecule has 5 nitrogen and oxygen atoms in total. The highest BCUT2D eigenvalue weighted by molar-refractivity contribution is 6.30. The molecule has 0 saturated carbocycles. The van der Waals surface area contributed by atoms with Gasteiger partial charge in [-0.2, -0.15) is 0 Å². The fraction of sp³-hybridized carbons (Fsp3) is 0.750. The fourth-order valence-corrected chi connectivity index (χ4v) is 4.61. The van der Waals surface area contributed by atoms with Gasteiger partial charge in [0.25, 0.3) is 5.91 Å². The van der Waals surface area contributed by atoms with Gasteiger partial charge < -0.3 is 15.3 Å². The predicted molar refractivity (Wildman–Crippen MR) is 105 cm³/mol. The molecule has 3 aliphatic rings. The molecule has 2 atom stereocenters. The molecular weight excluding hydrogens is 350 g/mol. The van der Waals surface area contributed by atoms with E-state index in [9.17, 15) is 9.90 Å². The van der Waals surface area contributed by atoms with E-state index in [1.807, 2.05) is 17.9 Å². The minimum Gasteiger partial charge on any atom is -0.383 e. The Kier molecular flexibility index (Phi) is 6.78. The second-order valence-corrected chi connectivity index (χ2v) is 8.41. The summed E-state index contributed by atoms with van der Waals surface area (Å²) in [6.07, 6.45) is 4.72. The van der Waals surface area contributed by atoms with Crippen molar-refractivity contribution in [3.05, 3.63) is 22.3 Å². The number of hydrogen-bond acceptors (Lipinski definition) is 4. The van der Waals surface area contributed by atoms with E-state index in [1.165, 1.54) is 12.8 Å². The lowest BCUT2D eigenvalue weighted by Gasteiger charge is -2.41. The van der Waals surface area contributed by atoms with E-state index in [-0.39, 0.29) is 11.8 Å². The van der Waals surface area contributed by atoms with Crippen LogP contribution in [0.1, 0.15) is 39.5 Å². The van der Waals surface area contributed by atoms with Gasteiger partial charge in [-0.3, -0.25) is 9.69 Å². The highest BCUT2D eigenvalue weighted by atomic mass is 35.5. The van der Waals surface area contributed by atoms with Gasteiger partial charge in [0.05, 0.1) is 0 Å². The van der Waals surface area contributed by atoms with Crippen LogP contribution in [0.2, 0.25) is 0 Å². The molecule has 0 aromatic heterocycles. The molecule has 0 radical (unpaired) electrons. The van der Waals surface area contributed by atoms with Gasteiger partial charge >= 0.3 is 0 Å². The molecular formula is C20H32ClN3O2. The molecule has 6 heteroatoms. The standard InChI is InChI=1S/C20H32ClN3O2/c1-14-11-16(12-15(2)19(14)21)13-18(25)20(26)24-9-7-23(8-10-24)17-3-5-22-6-4-17/h11,15,17-18,22,25H,3-10,12-13H2,1-2H3/t15?,18-/m1/s1. The average Bonchev–Trinajstić information content (AvgIpc) is 2.66. The zero-order valence-corrected chi connectivity index (χ0v) is 16.8. The second kappa shape index (κ2) is 8.87. The molecule has 0 aromatic carbocycles. The van der Waals surface area contributed by atoms with Crippen LogP contribution in [0.15, 0.2) is 22.3 Å². The van der Waals surface area contributed by atoms with Crippen LogP contribution < -0.4 is 5.32 Å². The van der Waals surface area contributed by atoms with E-state index >= 15 is 0 Å². The van der Waals surface area contributed by atoms with E-state index in [1.54, 1.807) is 0 Å². The molecule has 146 valence electrons. The molecule has 0 aromatic rings. The maximum Gasteiger partial charge on any atom is 0.251 e. The molecule has 1 aliphatic carbocycles. The largest absolute Gasteiger partial charge is 0.383 e. The molecule has 1 unspecified atom stereocenters. The van der Waals surface area contributed by atoms with Gasteiger partial charge in [-0.25, -0.2) is 0 Å². The van der Waals surface area contributed by atoms with Gasteiger partial charge in [0.1, 0.15) is 6.10 Å². The number of nitrogens with one attached hydrogen (secondary N) is 1. The maximum atomic E-state index is 12.7. The molecule has 26 heavy (non-hydrogen) atoms. The number of nitrogens with zero attached hydrogens (tertiary/aromatic N) is 2. The molecule has 2 aliphatic heterocycles. The lowest BCUT2D eigenvalue weighted by Crippen LogP contribution is -2.55. The summed E-state index contributed by atoms with van der Waals surface area (Å²) in [6.45, 7) is 9.54. The molecule has 0 bridgehead atoms. The summed E-state index contributed by atoms with van der Waals surface area (Å²) < 4.78 is 0. The first kappa shape index (κ1) is 19.9. The van der Waals surface area contributed by atoms with Crippen molar-refractivity contribution in [3.8, 4) is 0 Å². The Balaban J connectivity index is 1.49. The van der Waals surface area contributed by atoms with E-state index in [0.717, 1.165) is 61.9 Å². The van der Waals surface area contributed by atoms with Crippen molar-refractivity contribution in [1.29, 1.82) is 0 Å². The molecule has 2 saturated heterocycles. The monoisotopic (exact) mass is 381 g/mol. The Morgan fingerprint density at radius 3 is 2.58 bits per heavy atom. The highest BCUT2D eigenvalue weighted by Gasteiger charge is 2.30. The van der Waals surface area contributed by atoms with Gasteiger partial charge in [0.2, 0.25) is 0 Å². The molecule has 0 spiro atoms. The van der Waals surface area contributed by atoms with Crippen molar-refractivity contribution in [2.24, 2.45) is 5.92 Å². The Morgan fingerprint density at radius 1 is 1.31 bits per heavy atom. The normalized spacial score (nSPS) is 27.5. The first-order chi connectivity index (χ1) is 12.5. The van der Waals surface area contributed by atoms with Gasteiger partial charge in [0, 0.05) is 43.7 Å². The topological polar surface area (TPSA) is 55.8 Å². The Labute approximate surface area is 162 Å². The predicted octanol–water partition coefficient (Wildman–Crippen LogP) is 2.11. The molecule has 2 heterocycles. The van der Waals surface area contributed by atoms with E-state index < -0.39 is 6.10 Å². The molecule has 3 rings (SSSR count). The van der Waals surface area contributed by atoms with Crippen LogP contribution in [0.3, 0.4) is 0 Å². The lowest BCUT2D eigenvalue weighted by molar-refractivity contribution is -0.142. The minimum absolute atomic E-state index is 0.123. The number of amides is 1. The zero-order valence-electron chi connectivity index (χ0n) is 16.0. The van der Waals surface area contributed by atoms with Crippen molar-refractivity contribution in [3.63, 3.8) is 0 Å². The summed E-state index contributed by atoms with van der Waals surface area (Å²) in [7, 11) is 0. The lowest BCUT2D eigenvalue weighted by atomic mass is 9.88. The first-order valence-electron chi connectivity index (χ1n) is 9.93. The summed E-state index contributed by atoms with van der Waals surface area (Å²) in [5.41, 5.74) is 2.17. The van der Waals surface area contributed by atoms with Gasteiger partial charge in [0.15, 0.2) is 0 Å². The van der Waals surface area contributed by atoms with Gasteiger partial charge in [-0.05, 0) is 50.8 Å². The average molecular weight is 382 g/mol. The number of halogens is 1. The maximum absolute atomic E-state index is 12.7. The first-order valence-corrected chi connectivity index (χ1v) is 10.3. The van der Waals surface area contributed by atoms with Crippen molar-refractivity contribution < 1.29 is 9.90 Å². The number of hydrogen-bond donors (Lipinski definition) is 2. The number of allylic oxidation sites excluding steroid dienone is 3. The Bertz CT molecular complexity index is 576. The van der Waals surface area contributed by atoms with Crippen LogP contribution in [0, 0.1) is 5.92 Å². The number of rotatable bonds is 4. The number of piperazine rings is 1. The summed E-state index contributed by atoms with van der Waals surface area (Å²) in [5, 5.41) is 14.8. The second-order valence-electron chi connectivity index (χ2n) is 8.00. The highest BCUT2D eigenvalue weighted by Crippen LogP contribution is 2.33. The number of carbonyl (C=O) groups excluding carboxylic acids is 1. The van der Waals surface area contributed by atoms with Gasteiger partial charge in [-0.15, -0.1) is 0 Å². The van der Waals surface area contributed by atoms with Crippen LogP contribution in [0.4, 0.5) is 0 Å². The SMILES string of the molecule is CC1=C(Cl)C(C)CC(C[C@@H](O)C(=O)N2CCN(C3CCNCC3)CC2)=C1. The van der Waals surface area contributed by atoms with Crippen LogP contribution in [0.25, 0.3) is 0 Å². The van der Waals surface area contributed by atoms with Crippen molar-refractivity contribution in [1.82, 2.24) is 15.1 Å². The number of aliphatic hydroxyl groups is 1. The zero-order chi connectivity index (χ0) is 18.7. The number of piperidine rings is 1. The Morgan fingerprint density at radius 2 is 1.96 bits per heavy atom. The van der Waals surface area contributed by atoms with E-state index in [2.05, 4.69) is 17.1 Å². The van der Waals surface area contributed by atoms with E-state index in [0.29, 0.717) is 12.5 Å². The van der Waals surface area contributed by atoms with Crippen molar-refractivity contribution in [2.75, 3.05) is 39.3 Å². The summed E-state index contributed by atoms with van der Waals surface area (Å²) in [4.78, 5) is 17.0. The third kappa shape index (κ3) is 4.69. The number of aliphatic hydroxyl groups excluding tert-OH is 1. The van der Waals surface area contributed by atoms with Crippen LogP contribution in [-0.2, 0) is 4.79 Å². The third-order valence-electron chi connectivity index (χ3n) is 5.99. The quantitative estimate of drug-likeness (QED) is 0.783. The smallest absolute Gasteiger partial charge is 0.251 e. The third-order valence-corrected chi connectivity index (χ3v) is 6.66. The van der Waals surface area contributed by atoms with Crippen LogP contribution in [0.5, 0.6) is 0 Å². The summed E-state index contributed by atoms with van der Waals surface area (Å²) in [6, 6.07) is 0.645. The van der Waals surface area contributed by atoms with E-state index in [4.69, 9.17) is 11.6 Å². The minimum atomic E-state index is -0.941. The number of carbonyl (C=O) groups is 1. The fourth-order valence-electron chi connectivity index (χ4n) is 4.47. The molecule has 2 N–H and O–H groups in total. The van der Waals surface area contributed by atoms with Crippen molar-refractivity contribution in [2.45, 2.75) is 51.7 Å². The Hall–Kier alpha value is -0.880. The molecule has 2 fully saturated rings. The van der Waals surface area contributed by atoms with Crippen molar-refractivity contribution >= 4 is 17.5 Å². The van der Waals surface area contributed by atoms with Crippen LogP contribution in [-0.4, -0.2) is 72.2 Å². The summed E-state index contributed by atoms with van der Waals surface area (Å²) >= 11 is 6.27.